The lowest BCUT2D eigenvalue weighted by atomic mass is 9.89. The van der Waals surface area contributed by atoms with Crippen molar-refractivity contribution in [1.82, 2.24) is 5.32 Å². The van der Waals surface area contributed by atoms with Crippen LogP contribution in [-0.4, -0.2) is 39.4 Å². The number of nitrogen functional groups attached to an aromatic ring is 1. The second kappa shape index (κ2) is 6.00. The lowest BCUT2D eigenvalue weighted by Crippen LogP contribution is -2.47. The maximum absolute atomic E-state index is 12.2. The van der Waals surface area contributed by atoms with Crippen LogP contribution in [0.5, 0.6) is 11.5 Å². The molecule has 1 amide bonds. The first kappa shape index (κ1) is 14.5. The monoisotopic (exact) mass is 280 g/mol. The number of benzene rings is 1. The van der Waals surface area contributed by atoms with Crippen molar-refractivity contribution >= 4 is 11.6 Å². The summed E-state index contributed by atoms with van der Waals surface area (Å²) in [5.74, 6) is 0.780. The summed E-state index contributed by atoms with van der Waals surface area (Å²) in [7, 11) is 4.72. The van der Waals surface area contributed by atoms with Crippen LogP contribution in [0, 0.1) is 0 Å². The topological polar surface area (TPSA) is 82.8 Å². The molecule has 110 valence electrons. The minimum atomic E-state index is -0.206. The summed E-state index contributed by atoms with van der Waals surface area (Å²) in [6.07, 6.45) is 1.90. The molecule has 1 aliphatic rings. The van der Waals surface area contributed by atoms with Crippen molar-refractivity contribution < 1.29 is 19.0 Å². The molecule has 0 bridgehead atoms. The molecule has 3 N–H and O–H groups in total. The molecule has 0 aliphatic heterocycles. The number of nitrogens with one attached hydrogen (secondary N) is 1. The van der Waals surface area contributed by atoms with Crippen LogP contribution in [0.25, 0.3) is 0 Å². The van der Waals surface area contributed by atoms with Gasteiger partial charge in [0.1, 0.15) is 0 Å². The zero-order chi connectivity index (χ0) is 14.7. The molecule has 0 unspecified atom stereocenters. The molecule has 1 aromatic rings. The molecule has 1 aliphatic carbocycles. The average Bonchev–Trinajstić information content (AvgIpc) is 2.41. The maximum atomic E-state index is 12.2. The fraction of sp³-hybridized carbons (Fsp3) is 0.500. The Morgan fingerprint density at radius 2 is 1.80 bits per heavy atom. The Bertz CT molecular complexity index is 498. The fourth-order valence-corrected chi connectivity index (χ4v) is 2.23. The van der Waals surface area contributed by atoms with Crippen molar-refractivity contribution in [2.24, 2.45) is 0 Å². The van der Waals surface area contributed by atoms with E-state index in [4.69, 9.17) is 19.9 Å². The van der Waals surface area contributed by atoms with Crippen molar-refractivity contribution in [3.63, 3.8) is 0 Å². The van der Waals surface area contributed by atoms with E-state index >= 15 is 0 Å². The normalized spacial score (nSPS) is 20.9. The molecule has 20 heavy (non-hydrogen) atoms. The van der Waals surface area contributed by atoms with Crippen LogP contribution < -0.4 is 20.5 Å². The molecule has 1 aromatic carbocycles. The smallest absolute Gasteiger partial charge is 0.253 e. The molecule has 0 aromatic heterocycles. The highest BCUT2D eigenvalue weighted by atomic mass is 16.5. The zero-order valence-corrected chi connectivity index (χ0v) is 11.9. The third-order valence-electron chi connectivity index (χ3n) is 3.56. The van der Waals surface area contributed by atoms with Crippen LogP contribution in [-0.2, 0) is 4.74 Å². The van der Waals surface area contributed by atoms with Gasteiger partial charge in [-0.3, -0.25) is 4.79 Å². The van der Waals surface area contributed by atoms with E-state index in [9.17, 15) is 4.79 Å². The number of nitrogens with two attached hydrogens (primary N) is 1. The molecule has 0 radical (unpaired) electrons. The van der Waals surface area contributed by atoms with Gasteiger partial charge in [0.25, 0.3) is 5.91 Å². The quantitative estimate of drug-likeness (QED) is 0.792. The zero-order valence-electron chi connectivity index (χ0n) is 11.9. The van der Waals surface area contributed by atoms with Crippen LogP contribution >= 0.6 is 0 Å². The molecule has 0 heterocycles. The van der Waals surface area contributed by atoms with Gasteiger partial charge >= 0.3 is 0 Å². The number of carbonyl (C=O) groups excluding carboxylic acids is 1. The SMILES string of the molecule is COc1cc(N)c(C(=O)NC2CC(OC)C2)cc1OC. The van der Waals surface area contributed by atoms with Crippen molar-refractivity contribution in [2.75, 3.05) is 27.1 Å². The van der Waals surface area contributed by atoms with Gasteiger partial charge in [-0.05, 0) is 18.9 Å². The molecule has 1 fully saturated rings. The third-order valence-corrected chi connectivity index (χ3v) is 3.56. The summed E-state index contributed by atoms with van der Waals surface area (Å²) in [6.45, 7) is 0. The van der Waals surface area contributed by atoms with Gasteiger partial charge < -0.3 is 25.3 Å². The van der Waals surface area contributed by atoms with E-state index in [1.54, 1.807) is 19.2 Å². The lowest BCUT2D eigenvalue weighted by molar-refractivity contribution is 0.0176. The number of methoxy groups -OCH3 is 3. The van der Waals surface area contributed by atoms with Crippen LogP contribution in [0.3, 0.4) is 0 Å². The van der Waals surface area contributed by atoms with Crippen molar-refractivity contribution in [1.29, 1.82) is 0 Å². The van der Waals surface area contributed by atoms with Gasteiger partial charge in [0, 0.05) is 24.9 Å². The van der Waals surface area contributed by atoms with Gasteiger partial charge in [-0.15, -0.1) is 0 Å². The molecule has 6 heteroatoms. The Morgan fingerprint density at radius 1 is 1.20 bits per heavy atom. The van der Waals surface area contributed by atoms with Crippen LogP contribution in [0.4, 0.5) is 5.69 Å². The van der Waals surface area contributed by atoms with E-state index in [1.807, 2.05) is 0 Å². The molecular weight excluding hydrogens is 260 g/mol. The summed E-state index contributed by atoms with van der Waals surface area (Å²) in [5.41, 5.74) is 6.64. The Hall–Kier alpha value is -1.95. The number of hydrogen-bond donors (Lipinski definition) is 2. The van der Waals surface area contributed by atoms with E-state index in [0.29, 0.717) is 22.7 Å². The van der Waals surface area contributed by atoms with Gasteiger partial charge in [0.05, 0.1) is 25.9 Å². The first-order valence-electron chi connectivity index (χ1n) is 6.44. The molecule has 0 saturated heterocycles. The van der Waals surface area contributed by atoms with E-state index in [-0.39, 0.29) is 18.1 Å². The first-order valence-corrected chi connectivity index (χ1v) is 6.44. The standard InChI is InChI=1S/C14H20N2O4/c1-18-9-4-8(5-9)16-14(17)10-6-12(19-2)13(20-3)7-11(10)15/h6-9H,4-5,15H2,1-3H3,(H,16,17). The summed E-state index contributed by atoms with van der Waals surface area (Å²) in [5, 5.41) is 2.93. The summed E-state index contributed by atoms with van der Waals surface area (Å²) in [6, 6.07) is 3.32. The van der Waals surface area contributed by atoms with Crippen LogP contribution in [0.1, 0.15) is 23.2 Å². The van der Waals surface area contributed by atoms with Crippen LogP contribution in [0.15, 0.2) is 12.1 Å². The van der Waals surface area contributed by atoms with E-state index < -0.39 is 0 Å². The minimum Gasteiger partial charge on any atom is -0.493 e. The molecular formula is C14H20N2O4. The molecule has 6 nitrogen and oxygen atoms in total. The second-order valence-corrected chi connectivity index (χ2v) is 4.79. The van der Waals surface area contributed by atoms with E-state index in [2.05, 4.69) is 5.32 Å². The second-order valence-electron chi connectivity index (χ2n) is 4.79. The Labute approximate surface area is 118 Å². The van der Waals surface area contributed by atoms with E-state index in [0.717, 1.165) is 12.8 Å². The number of anilines is 1. The van der Waals surface area contributed by atoms with Crippen molar-refractivity contribution in [3.8, 4) is 11.5 Å². The predicted molar refractivity (Wildman–Crippen MR) is 75.2 cm³/mol. The summed E-state index contributed by atoms with van der Waals surface area (Å²) < 4.78 is 15.5. The van der Waals surface area contributed by atoms with Gasteiger partial charge in [-0.2, -0.15) is 0 Å². The lowest BCUT2D eigenvalue weighted by Gasteiger charge is -2.34. The highest BCUT2D eigenvalue weighted by molar-refractivity contribution is 6.00. The highest BCUT2D eigenvalue weighted by Gasteiger charge is 2.30. The number of ether oxygens (including phenoxy) is 3. The van der Waals surface area contributed by atoms with Crippen molar-refractivity contribution in [2.45, 2.75) is 25.0 Å². The highest BCUT2D eigenvalue weighted by Crippen LogP contribution is 2.32. The predicted octanol–water partition coefficient (Wildman–Crippen LogP) is 1.19. The third kappa shape index (κ3) is 2.80. The molecule has 2 rings (SSSR count). The van der Waals surface area contributed by atoms with Crippen LogP contribution in [0.2, 0.25) is 0 Å². The Kier molecular flexibility index (Phi) is 4.34. The number of amides is 1. The van der Waals surface area contributed by atoms with Gasteiger partial charge in [0.2, 0.25) is 0 Å². The first-order chi connectivity index (χ1) is 9.58. The molecule has 0 spiro atoms. The number of rotatable bonds is 5. The van der Waals surface area contributed by atoms with Crippen molar-refractivity contribution in [3.05, 3.63) is 17.7 Å². The van der Waals surface area contributed by atoms with E-state index in [1.165, 1.54) is 14.2 Å². The number of hydrogen-bond acceptors (Lipinski definition) is 5. The van der Waals surface area contributed by atoms with Gasteiger partial charge in [-0.25, -0.2) is 0 Å². The molecule has 1 saturated carbocycles. The number of carbonyl (C=O) groups is 1. The average molecular weight is 280 g/mol. The Balaban J connectivity index is 2.10. The Morgan fingerprint density at radius 3 is 2.35 bits per heavy atom. The summed E-state index contributed by atoms with van der Waals surface area (Å²) in [4.78, 5) is 12.2. The summed E-state index contributed by atoms with van der Waals surface area (Å²) >= 11 is 0. The maximum Gasteiger partial charge on any atom is 0.253 e. The fourth-order valence-electron chi connectivity index (χ4n) is 2.23. The van der Waals surface area contributed by atoms with Gasteiger partial charge in [0.15, 0.2) is 11.5 Å². The van der Waals surface area contributed by atoms with Gasteiger partial charge in [-0.1, -0.05) is 0 Å². The minimum absolute atomic E-state index is 0.139. The molecule has 0 atom stereocenters. The largest absolute Gasteiger partial charge is 0.493 e.